The number of rotatable bonds is 5. The zero-order valence-corrected chi connectivity index (χ0v) is 11.7. The van der Waals surface area contributed by atoms with Crippen molar-refractivity contribution in [1.82, 2.24) is 15.1 Å². The first kappa shape index (κ1) is 14.3. The van der Waals surface area contributed by atoms with Gasteiger partial charge in [-0.25, -0.2) is 0 Å². The van der Waals surface area contributed by atoms with Crippen molar-refractivity contribution in [2.24, 2.45) is 7.05 Å². The van der Waals surface area contributed by atoms with E-state index in [-0.39, 0.29) is 18.6 Å². The largest absolute Gasteiger partial charge is 0.396 e. The molecule has 5 heteroatoms. The molecule has 106 valence electrons. The van der Waals surface area contributed by atoms with Gasteiger partial charge in [-0.15, -0.1) is 0 Å². The maximum Gasteiger partial charge on any atom is 0.255 e. The molecule has 1 amide bonds. The van der Waals surface area contributed by atoms with Crippen LogP contribution in [0.4, 0.5) is 0 Å². The van der Waals surface area contributed by atoms with Crippen LogP contribution in [-0.4, -0.2) is 33.4 Å². The van der Waals surface area contributed by atoms with E-state index in [1.54, 1.807) is 17.9 Å². The summed E-state index contributed by atoms with van der Waals surface area (Å²) in [5, 5.41) is 16.1. The van der Waals surface area contributed by atoms with Crippen LogP contribution in [0.3, 0.4) is 0 Å². The minimum absolute atomic E-state index is 0.0556. The molecule has 2 rings (SSSR count). The second kappa shape index (κ2) is 6.34. The molecule has 0 spiro atoms. The molecule has 0 fully saturated rings. The van der Waals surface area contributed by atoms with E-state index in [1.807, 2.05) is 37.3 Å². The number of hydrogen-bond acceptors (Lipinski definition) is 3. The van der Waals surface area contributed by atoms with Gasteiger partial charge in [0.15, 0.2) is 0 Å². The number of amides is 1. The first-order valence-corrected chi connectivity index (χ1v) is 6.62. The maximum absolute atomic E-state index is 12.3. The lowest BCUT2D eigenvalue weighted by Gasteiger charge is -2.12. The topological polar surface area (TPSA) is 67.2 Å². The van der Waals surface area contributed by atoms with Gasteiger partial charge in [0, 0.05) is 31.5 Å². The Kier molecular flexibility index (Phi) is 4.53. The van der Waals surface area contributed by atoms with Crippen LogP contribution in [0.15, 0.2) is 36.5 Å². The third kappa shape index (κ3) is 3.24. The summed E-state index contributed by atoms with van der Waals surface area (Å²) >= 11 is 0. The van der Waals surface area contributed by atoms with Crippen molar-refractivity contribution in [1.29, 1.82) is 0 Å². The molecular formula is C15H19N3O2. The molecule has 1 aromatic heterocycles. The van der Waals surface area contributed by atoms with E-state index in [4.69, 9.17) is 5.11 Å². The van der Waals surface area contributed by atoms with E-state index in [0.717, 1.165) is 5.56 Å². The molecule has 5 nitrogen and oxygen atoms in total. The fourth-order valence-electron chi connectivity index (χ4n) is 2.03. The van der Waals surface area contributed by atoms with Crippen molar-refractivity contribution in [2.45, 2.75) is 19.4 Å². The van der Waals surface area contributed by atoms with Gasteiger partial charge in [-0.1, -0.05) is 30.3 Å². The molecule has 2 N–H and O–H groups in total. The zero-order chi connectivity index (χ0) is 14.5. The molecule has 0 aliphatic carbocycles. The summed E-state index contributed by atoms with van der Waals surface area (Å²) in [6.45, 7) is 1.92. The van der Waals surface area contributed by atoms with E-state index in [2.05, 4.69) is 10.4 Å². The van der Waals surface area contributed by atoms with Crippen LogP contribution < -0.4 is 5.32 Å². The zero-order valence-electron chi connectivity index (χ0n) is 11.7. The van der Waals surface area contributed by atoms with Gasteiger partial charge in [-0.05, 0) is 13.3 Å². The van der Waals surface area contributed by atoms with Crippen LogP contribution in [0.1, 0.15) is 23.7 Å². The number of aryl methyl sites for hydroxylation is 1. The van der Waals surface area contributed by atoms with Crippen molar-refractivity contribution in [3.63, 3.8) is 0 Å². The van der Waals surface area contributed by atoms with Crippen molar-refractivity contribution in [3.05, 3.63) is 42.1 Å². The van der Waals surface area contributed by atoms with Gasteiger partial charge in [-0.3, -0.25) is 9.48 Å². The summed E-state index contributed by atoms with van der Waals surface area (Å²) in [6.07, 6.45) is 2.25. The Morgan fingerprint density at radius 2 is 2.10 bits per heavy atom. The van der Waals surface area contributed by atoms with E-state index >= 15 is 0 Å². The lowest BCUT2D eigenvalue weighted by Crippen LogP contribution is -2.33. The van der Waals surface area contributed by atoms with E-state index in [1.165, 1.54) is 0 Å². The van der Waals surface area contributed by atoms with Crippen LogP contribution >= 0.6 is 0 Å². The number of aromatic nitrogens is 2. The van der Waals surface area contributed by atoms with Crippen LogP contribution in [0.25, 0.3) is 11.3 Å². The Labute approximate surface area is 118 Å². The van der Waals surface area contributed by atoms with Gasteiger partial charge >= 0.3 is 0 Å². The molecule has 0 aliphatic heterocycles. The predicted octanol–water partition coefficient (Wildman–Crippen LogP) is 1.59. The summed E-state index contributed by atoms with van der Waals surface area (Å²) < 4.78 is 1.63. The summed E-state index contributed by atoms with van der Waals surface area (Å²) in [4.78, 5) is 12.3. The Balaban J connectivity index is 2.26. The molecule has 0 bridgehead atoms. The highest BCUT2D eigenvalue weighted by Gasteiger charge is 2.18. The summed E-state index contributed by atoms with van der Waals surface area (Å²) in [5.74, 6) is -0.169. The van der Waals surface area contributed by atoms with E-state index in [0.29, 0.717) is 17.7 Å². The van der Waals surface area contributed by atoms with Crippen molar-refractivity contribution >= 4 is 5.91 Å². The maximum atomic E-state index is 12.3. The van der Waals surface area contributed by atoms with Gasteiger partial charge in [0.05, 0.1) is 5.56 Å². The number of aliphatic hydroxyl groups excluding tert-OH is 1. The lowest BCUT2D eigenvalue weighted by molar-refractivity contribution is 0.0935. The highest BCUT2D eigenvalue weighted by molar-refractivity contribution is 5.99. The van der Waals surface area contributed by atoms with Crippen LogP contribution in [-0.2, 0) is 7.05 Å². The standard InChI is InChI=1S/C15H19N3O2/c1-11(8-9-19)16-15(20)13-10-18(2)17-14(13)12-6-4-3-5-7-12/h3-7,10-11,19H,8-9H2,1-2H3,(H,16,20). The average Bonchev–Trinajstić information content (AvgIpc) is 2.82. The Morgan fingerprint density at radius 1 is 1.40 bits per heavy atom. The van der Waals surface area contributed by atoms with Crippen molar-refractivity contribution in [2.75, 3.05) is 6.61 Å². The number of benzene rings is 1. The van der Waals surface area contributed by atoms with Crippen molar-refractivity contribution < 1.29 is 9.90 Å². The third-order valence-electron chi connectivity index (χ3n) is 3.06. The molecule has 1 unspecified atom stereocenters. The SMILES string of the molecule is CC(CCO)NC(=O)c1cn(C)nc1-c1ccccc1. The Morgan fingerprint density at radius 3 is 2.75 bits per heavy atom. The van der Waals surface area contributed by atoms with Gasteiger partial charge in [0.1, 0.15) is 5.69 Å². The minimum Gasteiger partial charge on any atom is -0.396 e. The second-order valence-electron chi connectivity index (χ2n) is 4.82. The molecule has 1 aromatic carbocycles. The second-order valence-corrected chi connectivity index (χ2v) is 4.82. The molecule has 0 saturated carbocycles. The monoisotopic (exact) mass is 273 g/mol. The number of nitrogens with one attached hydrogen (secondary N) is 1. The third-order valence-corrected chi connectivity index (χ3v) is 3.06. The summed E-state index contributed by atoms with van der Waals surface area (Å²) in [5.41, 5.74) is 2.12. The molecule has 1 heterocycles. The summed E-state index contributed by atoms with van der Waals surface area (Å²) in [7, 11) is 1.79. The van der Waals surface area contributed by atoms with Crippen LogP contribution in [0.2, 0.25) is 0 Å². The van der Waals surface area contributed by atoms with E-state index < -0.39 is 0 Å². The number of carbonyl (C=O) groups excluding carboxylic acids is 1. The van der Waals surface area contributed by atoms with Gasteiger partial charge in [0.25, 0.3) is 5.91 Å². The Hall–Kier alpha value is -2.14. The first-order chi connectivity index (χ1) is 9.61. The normalized spacial score (nSPS) is 12.2. The van der Waals surface area contributed by atoms with Gasteiger partial charge in [0.2, 0.25) is 0 Å². The molecule has 0 saturated heterocycles. The first-order valence-electron chi connectivity index (χ1n) is 6.62. The highest BCUT2D eigenvalue weighted by atomic mass is 16.3. The smallest absolute Gasteiger partial charge is 0.255 e. The molecular weight excluding hydrogens is 254 g/mol. The average molecular weight is 273 g/mol. The molecule has 2 aromatic rings. The number of carbonyl (C=O) groups is 1. The van der Waals surface area contributed by atoms with Crippen LogP contribution in [0, 0.1) is 0 Å². The number of hydrogen-bond donors (Lipinski definition) is 2. The highest BCUT2D eigenvalue weighted by Crippen LogP contribution is 2.21. The quantitative estimate of drug-likeness (QED) is 0.869. The summed E-state index contributed by atoms with van der Waals surface area (Å²) in [6, 6.07) is 9.54. The predicted molar refractivity (Wildman–Crippen MR) is 77.3 cm³/mol. The van der Waals surface area contributed by atoms with Crippen molar-refractivity contribution in [3.8, 4) is 11.3 Å². The number of nitrogens with zero attached hydrogens (tertiary/aromatic N) is 2. The van der Waals surface area contributed by atoms with E-state index in [9.17, 15) is 4.79 Å². The minimum atomic E-state index is -0.169. The van der Waals surface area contributed by atoms with Crippen LogP contribution in [0.5, 0.6) is 0 Å². The fraction of sp³-hybridized carbons (Fsp3) is 0.333. The Bertz CT molecular complexity index is 578. The van der Waals surface area contributed by atoms with Gasteiger partial charge in [-0.2, -0.15) is 5.10 Å². The lowest BCUT2D eigenvalue weighted by atomic mass is 10.1. The fourth-order valence-corrected chi connectivity index (χ4v) is 2.03. The molecule has 0 radical (unpaired) electrons. The molecule has 20 heavy (non-hydrogen) atoms. The molecule has 0 aliphatic rings. The van der Waals surface area contributed by atoms with Gasteiger partial charge < -0.3 is 10.4 Å². The molecule has 1 atom stereocenters. The number of aliphatic hydroxyl groups is 1.